The van der Waals surface area contributed by atoms with Crippen molar-refractivity contribution in [1.82, 2.24) is 4.98 Å². The molecular formula is C20H26N2O3. The second kappa shape index (κ2) is 9.67. The minimum Gasteiger partial charge on any atom is -0.493 e. The molecule has 25 heavy (non-hydrogen) atoms. The van der Waals surface area contributed by atoms with E-state index in [-0.39, 0.29) is 5.91 Å². The maximum absolute atomic E-state index is 12.4. The lowest BCUT2D eigenvalue weighted by Crippen LogP contribution is -2.13. The van der Waals surface area contributed by atoms with Crippen LogP contribution in [0.3, 0.4) is 0 Å². The molecule has 0 fully saturated rings. The second-order valence-corrected chi connectivity index (χ2v) is 5.95. The fraction of sp³-hybridized carbons (Fsp3) is 0.400. The third kappa shape index (κ3) is 5.78. The van der Waals surface area contributed by atoms with Gasteiger partial charge in [0.2, 0.25) is 0 Å². The Balaban J connectivity index is 2.00. The van der Waals surface area contributed by atoms with Gasteiger partial charge in [-0.15, -0.1) is 0 Å². The number of aromatic nitrogens is 1. The summed E-state index contributed by atoms with van der Waals surface area (Å²) in [5.41, 5.74) is 1.54. The van der Waals surface area contributed by atoms with Crippen LogP contribution in [0.15, 0.2) is 36.5 Å². The Morgan fingerprint density at radius 3 is 2.68 bits per heavy atom. The van der Waals surface area contributed by atoms with Crippen molar-refractivity contribution < 1.29 is 14.3 Å². The van der Waals surface area contributed by atoms with Gasteiger partial charge in [0.05, 0.1) is 13.7 Å². The van der Waals surface area contributed by atoms with Gasteiger partial charge in [0, 0.05) is 11.8 Å². The molecule has 0 aliphatic carbocycles. The minimum absolute atomic E-state index is 0.231. The highest BCUT2D eigenvalue weighted by Gasteiger charge is 2.12. The van der Waals surface area contributed by atoms with Gasteiger partial charge >= 0.3 is 0 Å². The number of amides is 1. The first kappa shape index (κ1) is 18.8. The molecule has 0 aliphatic rings. The molecule has 0 unspecified atom stereocenters. The molecule has 1 heterocycles. The number of nitrogens with one attached hydrogen (secondary N) is 1. The molecule has 0 atom stereocenters. The van der Waals surface area contributed by atoms with Crippen molar-refractivity contribution in [3.05, 3.63) is 47.7 Å². The SMILES string of the molecule is CCCCCCOc1ccc(C(=O)Nc2cc(C)ccn2)cc1OC. The molecule has 0 saturated heterocycles. The van der Waals surface area contributed by atoms with E-state index in [1.807, 2.05) is 19.1 Å². The van der Waals surface area contributed by atoms with Gasteiger partial charge in [-0.05, 0) is 49.2 Å². The van der Waals surface area contributed by atoms with Gasteiger partial charge < -0.3 is 14.8 Å². The maximum atomic E-state index is 12.4. The first-order valence-corrected chi connectivity index (χ1v) is 8.69. The van der Waals surface area contributed by atoms with Gasteiger partial charge in [-0.1, -0.05) is 26.2 Å². The zero-order valence-corrected chi connectivity index (χ0v) is 15.2. The van der Waals surface area contributed by atoms with Gasteiger partial charge in [0.25, 0.3) is 5.91 Å². The number of hydrogen-bond acceptors (Lipinski definition) is 4. The summed E-state index contributed by atoms with van der Waals surface area (Å²) in [5.74, 6) is 1.51. The average molecular weight is 342 g/mol. The molecule has 2 aromatic rings. The van der Waals surface area contributed by atoms with Crippen molar-refractivity contribution in [3.8, 4) is 11.5 Å². The monoisotopic (exact) mass is 342 g/mol. The summed E-state index contributed by atoms with van der Waals surface area (Å²) in [6.45, 7) is 4.78. The molecule has 134 valence electrons. The topological polar surface area (TPSA) is 60.5 Å². The average Bonchev–Trinajstić information content (AvgIpc) is 2.61. The molecule has 5 nitrogen and oxygen atoms in total. The van der Waals surface area contributed by atoms with Crippen molar-refractivity contribution in [2.45, 2.75) is 39.5 Å². The molecule has 1 aromatic heterocycles. The summed E-state index contributed by atoms with van der Waals surface area (Å²) in [7, 11) is 1.57. The van der Waals surface area contributed by atoms with E-state index >= 15 is 0 Å². The Morgan fingerprint density at radius 1 is 1.12 bits per heavy atom. The first-order valence-electron chi connectivity index (χ1n) is 8.69. The Kier molecular flexibility index (Phi) is 7.26. The lowest BCUT2D eigenvalue weighted by Gasteiger charge is -2.12. The molecule has 0 aliphatic heterocycles. The summed E-state index contributed by atoms with van der Waals surface area (Å²) < 4.78 is 11.1. The number of nitrogens with zero attached hydrogens (tertiary/aromatic N) is 1. The van der Waals surface area contributed by atoms with Crippen LogP contribution >= 0.6 is 0 Å². The number of carbonyl (C=O) groups is 1. The van der Waals surface area contributed by atoms with E-state index in [2.05, 4.69) is 17.2 Å². The normalized spacial score (nSPS) is 10.4. The van der Waals surface area contributed by atoms with Crippen molar-refractivity contribution in [1.29, 1.82) is 0 Å². The Labute approximate surface area is 149 Å². The first-order chi connectivity index (χ1) is 12.1. The summed E-state index contributed by atoms with van der Waals surface area (Å²) in [4.78, 5) is 16.5. The van der Waals surface area contributed by atoms with E-state index in [1.54, 1.807) is 31.5 Å². The molecule has 1 amide bonds. The summed E-state index contributed by atoms with van der Waals surface area (Å²) in [5, 5.41) is 2.79. The molecule has 1 aromatic carbocycles. The van der Waals surface area contributed by atoms with E-state index in [0.29, 0.717) is 29.5 Å². The van der Waals surface area contributed by atoms with Gasteiger partial charge in [0.15, 0.2) is 11.5 Å². The second-order valence-electron chi connectivity index (χ2n) is 5.95. The predicted molar refractivity (Wildman–Crippen MR) is 99.6 cm³/mol. The summed E-state index contributed by atoms with van der Waals surface area (Å²) in [6.07, 6.45) is 6.25. The fourth-order valence-electron chi connectivity index (χ4n) is 2.43. The van der Waals surface area contributed by atoms with E-state index in [9.17, 15) is 4.79 Å². The van der Waals surface area contributed by atoms with Crippen LogP contribution in [0.5, 0.6) is 11.5 Å². The quantitative estimate of drug-likeness (QED) is 0.676. The van der Waals surface area contributed by atoms with Crippen LogP contribution in [0.25, 0.3) is 0 Å². The minimum atomic E-state index is -0.231. The van der Waals surface area contributed by atoms with Gasteiger partial charge in [-0.2, -0.15) is 0 Å². The Hall–Kier alpha value is -2.56. The molecule has 0 bridgehead atoms. The van der Waals surface area contributed by atoms with Gasteiger partial charge in [0.1, 0.15) is 5.82 Å². The zero-order valence-electron chi connectivity index (χ0n) is 15.2. The third-order valence-electron chi connectivity index (χ3n) is 3.84. The fourth-order valence-corrected chi connectivity index (χ4v) is 2.43. The lowest BCUT2D eigenvalue weighted by molar-refractivity contribution is 0.102. The summed E-state index contributed by atoms with van der Waals surface area (Å²) >= 11 is 0. The van der Waals surface area contributed by atoms with E-state index in [4.69, 9.17) is 9.47 Å². The number of pyridine rings is 1. The van der Waals surface area contributed by atoms with E-state index in [0.717, 1.165) is 18.4 Å². The number of aryl methyl sites for hydroxylation is 1. The van der Waals surface area contributed by atoms with Crippen molar-refractivity contribution >= 4 is 11.7 Å². The number of unbranched alkanes of at least 4 members (excludes halogenated alkanes) is 3. The number of benzene rings is 1. The van der Waals surface area contributed by atoms with E-state index < -0.39 is 0 Å². The molecule has 0 saturated carbocycles. The number of carbonyl (C=O) groups excluding carboxylic acids is 1. The van der Waals surface area contributed by atoms with Crippen LogP contribution in [0.4, 0.5) is 5.82 Å². The van der Waals surface area contributed by atoms with Gasteiger partial charge in [-0.25, -0.2) is 4.98 Å². The number of rotatable bonds is 9. The largest absolute Gasteiger partial charge is 0.493 e. The standard InChI is InChI=1S/C20H26N2O3/c1-4-5-6-7-12-25-17-9-8-16(14-18(17)24-3)20(23)22-19-13-15(2)10-11-21-19/h8-11,13-14H,4-7,12H2,1-3H3,(H,21,22,23). The number of ether oxygens (including phenoxy) is 2. The van der Waals surface area contributed by atoms with Crippen molar-refractivity contribution in [3.63, 3.8) is 0 Å². The third-order valence-corrected chi connectivity index (χ3v) is 3.84. The zero-order chi connectivity index (χ0) is 18.1. The molecule has 1 N–H and O–H groups in total. The predicted octanol–water partition coefficient (Wildman–Crippen LogP) is 4.61. The van der Waals surface area contributed by atoms with Crippen LogP contribution in [-0.4, -0.2) is 24.6 Å². The highest BCUT2D eigenvalue weighted by atomic mass is 16.5. The van der Waals surface area contributed by atoms with Crippen LogP contribution in [0, 0.1) is 6.92 Å². The Bertz CT molecular complexity index is 701. The summed E-state index contributed by atoms with van der Waals surface area (Å²) in [6, 6.07) is 8.90. The highest BCUT2D eigenvalue weighted by molar-refractivity contribution is 6.04. The molecule has 0 radical (unpaired) electrons. The van der Waals surface area contributed by atoms with Crippen LogP contribution < -0.4 is 14.8 Å². The number of methoxy groups -OCH3 is 1. The molecular weight excluding hydrogens is 316 g/mol. The van der Waals surface area contributed by atoms with Gasteiger partial charge in [-0.3, -0.25) is 4.79 Å². The molecule has 0 spiro atoms. The highest BCUT2D eigenvalue weighted by Crippen LogP contribution is 2.28. The molecule has 5 heteroatoms. The van der Waals surface area contributed by atoms with E-state index in [1.165, 1.54) is 12.8 Å². The smallest absolute Gasteiger partial charge is 0.256 e. The lowest BCUT2D eigenvalue weighted by atomic mass is 10.2. The van der Waals surface area contributed by atoms with Crippen molar-refractivity contribution in [2.24, 2.45) is 0 Å². The van der Waals surface area contributed by atoms with Crippen LogP contribution in [0.1, 0.15) is 48.5 Å². The maximum Gasteiger partial charge on any atom is 0.256 e. The number of anilines is 1. The van der Waals surface area contributed by atoms with Crippen LogP contribution in [-0.2, 0) is 0 Å². The van der Waals surface area contributed by atoms with Crippen molar-refractivity contribution in [2.75, 3.05) is 19.0 Å². The van der Waals surface area contributed by atoms with Crippen LogP contribution in [0.2, 0.25) is 0 Å². The number of hydrogen-bond donors (Lipinski definition) is 1. The molecule has 2 rings (SSSR count). The Morgan fingerprint density at radius 2 is 1.96 bits per heavy atom.